The van der Waals surface area contributed by atoms with Crippen molar-refractivity contribution in [2.75, 3.05) is 5.32 Å². The fraction of sp³-hybridized carbons (Fsp3) is 0.188. The monoisotopic (exact) mass is 332 g/mol. The van der Waals surface area contributed by atoms with E-state index in [0.717, 1.165) is 27.9 Å². The topological polar surface area (TPSA) is 24.9 Å². The third kappa shape index (κ3) is 2.59. The number of fused-ring (bicyclic) bond motifs is 1. The summed E-state index contributed by atoms with van der Waals surface area (Å²) in [5, 5.41) is 6.68. The quantitative estimate of drug-likeness (QED) is 0.672. The van der Waals surface area contributed by atoms with Gasteiger partial charge in [0.05, 0.1) is 10.4 Å². The van der Waals surface area contributed by atoms with E-state index in [1.165, 1.54) is 16.0 Å². The van der Waals surface area contributed by atoms with Crippen molar-refractivity contribution in [1.29, 1.82) is 0 Å². The van der Waals surface area contributed by atoms with E-state index in [1.54, 1.807) is 22.7 Å². The number of nitrogens with one attached hydrogen (secondary N) is 1. The van der Waals surface area contributed by atoms with Crippen molar-refractivity contribution in [2.45, 2.75) is 18.9 Å². The second-order valence-electron chi connectivity index (χ2n) is 5.08. The molecule has 2 heterocycles. The number of benzene rings is 1. The van der Waals surface area contributed by atoms with Crippen LogP contribution >= 0.6 is 34.3 Å². The number of hydrogen-bond donors (Lipinski definition) is 1. The zero-order valence-electron chi connectivity index (χ0n) is 11.2. The van der Waals surface area contributed by atoms with Gasteiger partial charge in [0, 0.05) is 27.7 Å². The summed E-state index contributed by atoms with van der Waals surface area (Å²) in [6.45, 7) is 0. The molecular formula is C16H13ClN2S2. The molecule has 0 aliphatic heterocycles. The lowest BCUT2D eigenvalue weighted by molar-refractivity contribution is 0.762. The lowest BCUT2D eigenvalue weighted by atomic mass is 10.1. The molecule has 0 bridgehead atoms. The van der Waals surface area contributed by atoms with Crippen LogP contribution in [0.15, 0.2) is 41.9 Å². The molecule has 21 heavy (non-hydrogen) atoms. The number of nitrogens with zero attached hydrogens (tertiary/aromatic N) is 1. The third-order valence-corrected chi connectivity index (χ3v) is 5.91. The predicted octanol–water partition coefficient (Wildman–Crippen LogP) is 5.62. The minimum absolute atomic E-state index is 0.384. The van der Waals surface area contributed by atoms with Gasteiger partial charge in [0.1, 0.15) is 5.01 Å². The number of halogens is 1. The van der Waals surface area contributed by atoms with Crippen molar-refractivity contribution in [2.24, 2.45) is 0 Å². The first-order valence-electron chi connectivity index (χ1n) is 6.84. The second kappa shape index (κ2) is 5.44. The van der Waals surface area contributed by atoms with Crippen LogP contribution in [0.2, 0.25) is 4.34 Å². The van der Waals surface area contributed by atoms with Crippen LogP contribution in [-0.2, 0) is 6.42 Å². The van der Waals surface area contributed by atoms with Crippen LogP contribution < -0.4 is 5.32 Å². The molecule has 1 unspecified atom stereocenters. The number of rotatable bonds is 3. The van der Waals surface area contributed by atoms with Gasteiger partial charge in [0.25, 0.3) is 0 Å². The zero-order valence-corrected chi connectivity index (χ0v) is 13.6. The molecule has 3 aromatic rings. The van der Waals surface area contributed by atoms with Gasteiger partial charge in [0.15, 0.2) is 0 Å². The molecule has 1 aliphatic rings. The first-order chi connectivity index (χ1) is 10.3. The number of thiophene rings is 1. The summed E-state index contributed by atoms with van der Waals surface area (Å²) in [7, 11) is 0. The Balaban J connectivity index is 1.53. The standard InChI is InChI=1S/C16H13ClN2S2/c17-15-9-12-13(5-6-14(12)21-15)19-11-3-1-10(2-4-11)16-18-7-8-20-16/h1-4,7-9,13,19H,5-6H2. The number of hydrogen-bond acceptors (Lipinski definition) is 4. The van der Waals surface area contributed by atoms with Gasteiger partial charge in [-0.25, -0.2) is 4.98 Å². The SMILES string of the molecule is Clc1cc2c(s1)CCC2Nc1ccc(-c2nccs2)cc1. The van der Waals surface area contributed by atoms with Gasteiger partial charge in [0.2, 0.25) is 0 Å². The van der Waals surface area contributed by atoms with Crippen molar-refractivity contribution in [1.82, 2.24) is 4.98 Å². The highest BCUT2D eigenvalue weighted by Gasteiger charge is 2.24. The zero-order chi connectivity index (χ0) is 14.2. The summed E-state index contributed by atoms with van der Waals surface area (Å²) < 4.78 is 0.894. The Morgan fingerprint density at radius 1 is 1.24 bits per heavy atom. The van der Waals surface area contributed by atoms with Crippen molar-refractivity contribution in [3.8, 4) is 10.6 Å². The van der Waals surface area contributed by atoms with E-state index >= 15 is 0 Å². The first kappa shape index (κ1) is 13.3. The first-order valence-corrected chi connectivity index (χ1v) is 8.91. The molecule has 1 N–H and O–H groups in total. The van der Waals surface area contributed by atoms with E-state index in [0.29, 0.717) is 6.04 Å². The second-order valence-corrected chi connectivity index (χ2v) is 7.74. The normalized spacial score (nSPS) is 16.9. The average molecular weight is 333 g/mol. The van der Waals surface area contributed by atoms with Crippen molar-refractivity contribution in [3.63, 3.8) is 0 Å². The van der Waals surface area contributed by atoms with Crippen LogP contribution in [0.4, 0.5) is 5.69 Å². The summed E-state index contributed by atoms with van der Waals surface area (Å²) in [5.74, 6) is 0. The van der Waals surface area contributed by atoms with E-state index in [9.17, 15) is 0 Å². The number of aryl methyl sites for hydroxylation is 1. The summed E-state index contributed by atoms with van der Waals surface area (Å²) in [4.78, 5) is 5.76. The Morgan fingerprint density at radius 3 is 2.86 bits per heavy atom. The molecule has 0 fully saturated rings. The maximum atomic E-state index is 6.11. The minimum atomic E-state index is 0.384. The van der Waals surface area contributed by atoms with E-state index in [2.05, 4.69) is 40.6 Å². The van der Waals surface area contributed by atoms with Crippen molar-refractivity contribution >= 4 is 40.0 Å². The van der Waals surface area contributed by atoms with Crippen molar-refractivity contribution < 1.29 is 0 Å². The van der Waals surface area contributed by atoms with E-state index in [-0.39, 0.29) is 0 Å². The van der Waals surface area contributed by atoms with Gasteiger partial charge in [-0.2, -0.15) is 0 Å². The molecule has 0 saturated heterocycles. The fourth-order valence-electron chi connectivity index (χ4n) is 2.76. The molecule has 2 aromatic heterocycles. The third-order valence-electron chi connectivity index (χ3n) is 3.75. The molecule has 0 radical (unpaired) electrons. The summed E-state index contributed by atoms with van der Waals surface area (Å²) >= 11 is 9.48. The van der Waals surface area contributed by atoms with Gasteiger partial charge in [-0.1, -0.05) is 11.6 Å². The van der Waals surface area contributed by atoms with Crippen LogP contribution in [0, 0.1) is 0 Å². The van der Waals surface area contributed by atoms with Gasteiger partial charge in [-0.3, -0.25) is 0 Å². The van der Waals surface area contributed by atoms with Crippen LogP contribution in [0.25, 0.3) is 10.6 Å². The van der Waals surface area contributed by atoms with E-state index in [4.69, 9.17) is 11.6 Å². The molecule has 1 atom stereocenters. The Hall–Kier alpha value is -1.36. The smallest absolute Gasteiger partial charge is 0.123 e. The van der Waals surface area contributed by atoms with Crippen LogP contribution in [0.1, 0.15) is 22.9 Å². The molecule has 5 heteroatoms. The minimum Gasteiger partial charge on any atom is -0.378 e. The molecule has 106 valence electrons. The Kier molecular flexibility index (Phi) is 3.45. The molecule has 0 spiro atoms. The predicted molar refractivity (Wildman–Crippen MR) is 91.6 cm³/mol. The molecule has 1 aliphatic carbocycles. The van der Waals surface area contributed by atoms with E-state index in [1.807, 2.05) is 11.6 Å². The highest BCUT2D eigenvalue weighted by Crippen LogP contribution is 2.41. The summed E-state index contributed by atoms with van der Waals surface area (Å²) in [6, 6.07) is 11.0. The Morgan fingerprint density at radius 2 is 2.10 bits per heavy atom. The van der Waals surface area contributed by atoms with E-state index < -0.39 is 0 Å². The molecular weight excluding hydrogens is 320 g/mol. The van der Waals surface area contributed by atoms with Gasteiger partial charge < -0.3 is 5.32 Å². The highest BCUT2D eigenvalue weighted by atomic mass is 35.5. The Bertz CT molecular complexity index is 747. The maximum Gasteiger partial charge on any atom is 0.123 e. The number of thiazole rings is 1. The summed E-state index contributed by atoms with van der Waals surface area (Å²) in [5.41, 5.74) is 3.69. The van der Waals surface area contributed by atoms with Crippen LogP contribution in [-0.4, -0.2) is 4.98 Å². The molecule has 1 aromatic carbocycles. The van der Waals surface area contributed by atoms with Gasteiger partial charge in [-0.15, -0.1) is 22.7 Å². The number of aromatic nitrogens is 1. The largest absolute Gasteiger partial charge is 0.378 e. The van der Waals surface area contributed by atoms with Crippen molar-refractivity contribution in [3.05, 3.63) is 56.7 Å². The van der Waals surface area contributed by atoms with Gasteiger partial charge >= 0.3 is 0 Å². The van der Waals surface area contributed by atoms with Crippen LogP contribution in [0.3, 0.4) is 0 Å². The molecule has 4 rings (SSSR count). The number of anilines is 1. The maximum absolute atomic E-state index is 6.11. The Labute approximate surface area is 136 Å². The average Bonchev–Trinajstić information content (AvgIpc) is 3.19. The van der Waals surface area contributed by atoms with Gasteiger partial charge in [-0.05, 0) is 48.7 Å². The molecule has 2 nitrogen and oxygen atoms in total. The fourth-order valence-corrected chi connectivity index (χ4v) is 4.76. The molecule has 0 saturated carbocycles. The van der Waals surface area contributed by atoms with Crippen LogP contribution in [0.5, 0.6) is 0 Å². The summed E-state index contributed by atoms with van der Waals surface area (Å²) in [6.07, 6.45) is 4.11. The molecule has 0 amide bonds. The lowest BCUT2D eigenvalue weighted by Gasteiger charge is -2.14. The lowest BCUT2D eigenvalue weighted by Crippen LogP contribution is -2.06. The highest BCUT2D eigenvalue weighted by molar-refractivity contribution is 7.16.